The van der Waals surface area contributed by atoms with Gasteiger partial charge in [0.1, 0.15) is 5.03 Å². The lowest BCUT2D eigenvalue weighted by Crippen LogP contribution is -2.50. The number of nitrogens with zero attached hydrogens (tertiary/aromatic N) is 3. The summed E-state index contributed by atoms with van der Waals surface area (Å²) in [5, 5.41) is 8.32. The van der Waals surface area contributed by atoms with Gasteiger partial charge in [0.25, 0.3) is 0 Å². The molecule has 0 unspecified atom stereocenters. The largest absolute Gasteiger partial charge is 0.370 e. The quantitative estimate of drug-likeness (QED) is 0.476. The van der Waals surface area contributed by atoms with Crippen molar-refractivity contribution in [1.29, 1.82) is 5.41 Å². The van der Waals surface area contributed by atoms with Gasteiger partial charge >= 0.3 is 0 Å². The van der Waals surface area contributed by atoms with E-state index >= 15 is 0 Å². The Bertz CT molecular complexity index is 778. The summed E-state index contributed by atoms with van der Waals surface area (Å²) in [4.78, 5) is 8.54. The molecule has 5 nitrogen and oxygen atoms in total. The van der Waals surface area contributed by atoms with Crippen LogP contribution in [0.2, 0.25) is 0 Å². The van der Waals surface area contributed by atoms with Crippen LogP contribution in [0.1, 0.15) is 11.1 Å². The second kappa shape index (κ2) is 8.46. The van der Waals surface area contributed by atoms with Crippen LogP contribution in [0, 0.1) is 17.0 Å². The highest BCUT2D eigenvalue weighted by atomic mass is 32.2. The second-order valence-corrected chi connectivity index (χ2v) is 7.08. The number of benzene rings is 1. The fourth-order valence-corrected chi connectivity index (χ4v) is 3.84. The number of thioether (sulfide) groups is 1. The zero-order valence-corrected chi connectivity index (χ0v) is 15.1. The predicted molar refractivity (Wildman–Crippen MR) is 98.9 cm³/mol. The van der Waals surface area contributed by atoms with Crippen molar-refractivity contribution >= 4 is 17.7 Å². The smallest absolute Gasteiger partial charge is 0.188 e. The zero-order chi connectivity index (χ0) is 18.5. The number of halogens is 2. The van der Waals surface area contributed by atoms with Gasteiger partial charge in [-0.05, 0) is 17.7 Å². The molecule has 0 bridgehead atoms. The van der Waals surface area contributed by atoms with Crippen molar-refractivity contribution < 1.29 is 8.78 Å². The highest BCUT2D eigenvalue weighted by molar-refractivity contribution is 7.98. The lowest BCUT2D eigenvalue weighted by atomic mass is 10.2. The normalized spacial score (nSPS) is 15.2. The summed E-state index contributed by atoms with van der Waals surface area (Å²) < 4.78 is 27.2. The molecule has 0 spiro atoms. The van der Waals surface area contributed by atoms with Crippen LogP contribution in [-0.4, -0.2) is 46.9 Å². The minimum atomic E-state index is -0.826. The standard InChI is InChI=1S/C18H21F2N5S/c19-15-5-1-3-14(16(15)20)12-26-17-13(4-2-6-23-17)11-24-7-9-25(10-8-24)18(21)22/h1-6H,7-12H2,(H3,21,22). The van der Waals surface area contributed by atoms with Crippen molar-refractivity contribution in [3.05, 3.63) is 59.3 Å². The van der Waals surface area contributed by atoms with Crippen molar-refractivity contribution in [2.75, 3.05) is 26.2 Å². The van der Waals surface area contributed by atoms with E-state index in [-0.39, 0.29) is 5.96 Å². The molecule has 1 aromatic heterocycles. The molecule has 0 radical (unpaired) electrons. The molecule has 1 aliphatic rings. The van der Waals surface area contributed by atoms with Gasteiger partial charge in [0, 0.05) is 50.2 Å². The molecule has 0 saturated carbocycles. The van der Waals surface area contributed by atoms with Crippen molar-refractivity contribution in [1.82, 2.24) is 14.8 Å². The summed E-state index contributed by atoms with van der Waals surface area (Å²) in [6.07, 6.45) is 1.71. The van der Waals surface area contributed by atoms with Gasteiger partial charge < -0.3 is 10.6 Å². The Morgan fingerprint density at radius 1 is 1.12 bits per heavy atom. The highest BCUT2D eigenvalue weighted by Gasteiger charge is 2.19. The van der Waals surface area contributed by atoms with Crippen LogP contribution in [0.3, 0.4) is 0 Å². The van der Waals surface area contributed by atoms with Gasteiger partial charge in [-0.25, -0.2) is 13.8 Å². The van der Waals surface area contributed by atoms with Gasteiger partial charge in [0.15, 0.2) is 17.6 Å². The molecule has 0 aliphatic carbocycles. The van der Waals surface area contributed by atoms with Crippen LogP contribution in [0.15, 0.2) is 41.6 Å². The minimum absolute atomic E-state index is 0.111. The van der Waals surface area contributed by atoms with Crippen LogP contribution in [0.5, 0.6) is 0 Å². The Balaban J connectivity index is 1.63. The van der Waals surface area contributed by atoms with E-state index in [9.17, 15) is 8.78 Å². The molecule has 0 atom stereocenters. The SMILES string of the molecule is N=C(N)N1CCN(Cc2cccnc2SCc2cccc(F)c2F)CC1. The predicted octanol–water partition coefficient (Wildman–Crippen LogP) is 2.66. The van der Waals surface area contributed by atoms with Crippen molar-refractivity contribution in [2.24, 2.45) is 5.73 Å². The Labute approximate surface area is 155 Å². The number of guanidine groups is 1. The van der Waals surface area contributed by atoms with Crippen LogP contribution >= 0.6 is 11.8 Å². The van der Waals surface area contributed by atoms with Crippen LogP contribution in [0.25, 0.3) is 0 Å². The van der Waals surface area contributed by atoms with E-state index in [1.807, 2.05) is 17.0 Å². The maximum atomic E-state index is 13.8. The third-order valence-electron chi connectivity index (χ3n) is 4.35. The molecular weight excluding hydrogens is 356 g/mol. The third kappa shape index (κ3) is 4.50. The van der Waals surface area contributed by atoms with Crippen LogP contribution in [-0.2, 0) is 12.3 Å². The Hall–Kier alpha value is -2.19. The molecule has 1 saturated heterocycles. The van der Waals surface area contributed by atoms with E-state index in [0.29, 0.717) is 11.3 Å². The van der Waals surface area contributed by atoms with Crippen molar-refractivity contribution in [2.45, 2.75) is 17.3 Å². The summed E-state index contributed by atoms with van der Waals surface area (Å²) in [5.41, 5.74) is 6.92. The van der Waals surface area contributed by atoms with Gasteiger partial charge in [-0.2, -0.15) is 0 Å². The van der Waals surface area contributed by atoms with Gasteiger partial charge in [-0.3, -0.25) is 10.3 Å². The number of hydrogen-bond acceptors (Lipinski definition) is 4. The number of piperazine rings is 1. The molecular formula is C18H21F2N5S. The summed E-state index contributed by atoms with van der Waals surface area (Å²) >= 11 is 1.41. The number of nitrogens with two attached hydrogens (primary N) is 1. The molecule has 0 amide bonds. The first kappa shape index (κ1) is 18.6. The Kier molecular flexibility index (Phi) is 6.05. The maximum Gasteiger partial charge on any atom is 0.188 e. The minimum Gasteiger partial charge on any atom is -0.370 e. The molecule has 3 N–H and O–H groups in total. The molecule has 2 aromatic rings. The molecule has 3 rings (SSSR count). The van der Waals surface area contributed by atoms with E-state index in [1.165, 1.54) is 17.8 Å². The molecule has 1 aromatic carbocycles. The van der Waals surface area contributed by atoms with Crippen molar-refractivity contribution in [3.63, 3.8) is 0 Å². The molecule has 1 aliphatic heterocycles. The Morgan fingerprint density at radius 3 is 2.58 bits per heavy atom. The van der Waals surface area contributed by atoms with Crippen molar-refractivity contribution in [3.8, 4) is 0 Å². The lowest BCUT2D eigenvalue weighted by Gasteiger charge is -2.35. The van der Waals surface area contributed by atoms with E-state index in [0.717, 1.165) is 49.4 Å². The summed E-state index contributed by atoms with van der Waals surface area (Å²) in [7, 11) is 0. The first-order valence-corrected chi connectivity index (χ1v) is 9.34. The van der Waals surface area contributed by atoms with E-state index in [1.54, 1.807) is 12.3 Å². The fraction of sp³-hybridized carbons (Fsp3) is 0.333. The highest BCUT2D eigenvalue weighted by Crippen LogP contribution is 2.27. The van der Waals surface area contributed by atoms with Gasteiger partial charge in [0.05, 0.1) is 0 Å². The zero-order valence-electron chi connectivity index (χ0n) is 14.3. The number of rotatable bonds is 5. The topological polar surface area (TPSA) is 69.2 Å². The van der Waals surface area contributed by atoms with Gasteiger partial charge in [-0.1, -0.05) is 18.2 Å². The number of hydrogen-bond donors (Lipinski definition) is 2. The van der Waals surface area contributed by atoms with E-state index < -0.39 is 11.6 Å². The van der Waals surface area contributed by atoms with E-state index in [2.05, 4.69) is 9.88 Å². The van der Waals surface area contributed by atoms with E-state index in [4.69, 9.17) is 11.1 Å². The Morgan fingerprint density at radius 2 is 1.85 bits per heavy atom. The maximum absolute atomic E-state index is 13.8. The average molecular weight is 377 g/mol. The fourth-order valence-electron chi connectivity index (χ4n) is 2.87. The lowest BCUT2D eigenvalue weighted by molar-refractivity contribution is 0.172. The average Bonchev–Trinajstić information content (AvgIpc) is 2.64. The summed E-state index contributed by atoms with van der Waals surface area (Å²) in [5.74, 6) is -1.18. The second-order valence-electron chi connectivity index (χ2n) is 6.12. The number of aromatic nitrogens is 1. The first-order valence-electron chi connectivity index (χ1n) is 8.35. The molecule has 1 fully saturated rings. The molecule has 2 heterocycles. The molecule has 26 heavy (non-hydrogen) atoms. The monoisotopic (exact) mass is 377 g/mol. The molecule has 8 heteroatoms. The van der Waals surface area contributed by atoms with Gasteiger partial charge in [0.2, 0.25) is 0 Å². The third-order valence-corrected chi connectivity index (χ3v) is 5.45. The number of nitrogens with one attached hydrogen (secondary N) is 1. The van der Waals surface area contributed by atoms with Crippen LogP contribution in [0.4, 0.5) is 8.78 Å². The summed E-state index contributed by atoms with van der Waals surface area (Å²) in [6.45, 7) is 3.82. The molecule has 138 valence electrons. The first-order chi connectivity index (χ1) is 12.5. The van der Waals surface area contributed by atoms with Gasteiger partial charge in [-0.15, -0.1) is 11.8 Å². The van der Waals surface area contributed by atoms with Crippen LogP contribution < -0.4 is 5.73 Å². The number of pyridine rings is 1. The summed E-state index contributed by atoms with van der Waals surface area (Å²) in [6, 6.07) is 8.12.